The molecule has 1 N–H and O–H groups in total. The van der Waals surface area contributed by atoms with Crippen molar-refractivity contribution in [1.82, 2.24) is 14.6 Å². The summed E-state index contributed by atoms with van der Waals surface area (Å²) >= 11 is 0. The lowest BCUT2D eigenvalue weighted by Gasteiger charge is -2.33. The van der Waals surface area contributed by atoms with E-state index in [0.717, 1.165) is 0 Å². The van der Waals surface area contributed by atoms with Gasteiger partial charge in [0.1, 0.15) is 0 Å². The van der Waals surface area contributed by atoms with Crippen LogP contribution < -0.4 is 5.32 Å². The highest BCUT2D eigenvalue weighted by Crippen LogP contribution is 2.22. The minimum absolute atomic E-state index is 0.0384. The largest absolute Gasteiger partial charge is 0.387 e. The molecular formula is C14H23N3O2S. The third-order valence-electron chi connectivity index (χ3n) is 3.12. The Balaban J connectivity index is 2.94. The molecule has 0 aliphatic heterocycles. The van der Waals surface area contributed by atoms with Gasteiger partial charge in [-0.3, -0.25) is 0 Å². The lowest BCUT2D eigenvalue weighted by Crippen LogP contribution is -2.47. The molecule has 1 aromatic heterocycles. The van der Waals surface area contributed by atoms with Crippen molar-refractivity contribution in [3.63, 3.8) is 0 Å². The Labute approximate surface area is 121 Å². The maximum atomic E-state index is 12.4. The smallest absolute Gasteiger partial charge is 0.260 e. The summed E-state index contributed by atoms with van der Waals surface area (Å²) in [5, 5.41) is 3.18. The van der Waals surface area contributed by atoms with Crippen molar-refractivity contribution in [2.45, 2.75) is 31.8 Å². The molecule has 6 heteroatoms. The Bertz CT molecular complexity index is 535. The molecule has 1 heterocycles. The predicted octanol–water partition coefficient (Wildman–Crippen LogP) is 1.85. The molecule has 0 amide bonds. The minimum atomic E-state index is -3.56. The van der Waals surface area contributed by atoms with Gasteiger partial charge < -0.3 is 5.32 Å². The normalized spacial score (nSPS) is 14.1. The predicted molar refractivity (Wildman–Crippen MR) is 80.6 cm³/mol. The van der Waals surface area contributed by atoms with Crippen molar-refractivity contribution < 1.29 is 8.42 Å². The van der Waals surface area contributed by atoms with Crippen molar-refractivity contribution in [3.05, 3.63) is 37.2 Å². The highest BCUT2D eigenvalue weighted by molar-refractivity contribution is 7.89. The van der Waals surface area contributed by atoms with Crippen LogP contribution >= 0.6 is 0 Å². The molecule has 0 saturated heterocycles. The average Bonchev–Trinajstić information content (AvgIpc) is 2.38. The van der Waals surface area contributed by atoms with E-state index in [1.165, 1.54) is 16.6 Å². The Morgan fingerprint density at radius 2 is 2.10 bits per heavy atom. The molecule has 0 bridgehead atoms. The van der Waals surface area contributed by atoms with Crippen LogP contribution in [0.25, 0.3) is 0 Å². The molecule has 0 aromatic carbocycles. The molecule has 0 saturated carbocycles. The number of rotatable bonds is 6. The first-order valence-corrected chi connectivity index (χ1v) is 7.88. The van der Waals surface area contributed by atoms with Gasteiger partial charge in [-0.15, -0.1) is 0 Å². The summed E-state index contributed by atoms with van der Waals surface area (Å²) in [6.45, 7) is 10.1. The Kier molecular flexibility index (Phi) is 5.30. The standard InChI is InChI=1S/C14H23N3O2S/c1-6-15-12(14(2,3)4)11-17(5)20(18,19)13-9-7-8-10-16-13/h6-10,12,15H,1,11H2,2-5H3/t12-/m1/s1. The molecule has 0 aliphatic carbocycles. The first-order valence-electron chi connectivity index (χ1n) is 6.44. The van der Waals surface area contributed by atoms with Crippen molar-refractivity contribution in [2.24, 2.45) is 5.41 Å². The van der Waals surface area contributed by atoms with Gasteiger partial charge in [-0.2, -0.15) is 4.31 Å². The van der Waals surface area contributed by atoms with Gasteiger partial charge in [0.25, 0.3) is 10.0 Å². The molecule has 5 nitrogen and oxygen atoms in total. The first-order chi connectivity index (χ1) is 9.19. The first kappa shape index (κ1) is 16.7. The van der Waals surface area contributed by atoms with Crippen LogP contribution in [0.4, 0.5) is 0 Å². The van der Waals surface area contributed by atoms with E-state index in [9.17, 15) is 8.42 Å². The molecule has 0 radical (unpaired) electrons. The molecule has 112 valence electrons. The lowest BCUT2D eigenvalue weighted by atomic mass is 9.87. The van der Waals surface area contributed by atoms with Gasteiger partial charge in [0.2, 0.25) is 0 Å². The van der Waals surface area contributed by atoms with Crippen molar-refractivity contribution in [2.75, 3.05) is 13.6 Å². The van der Waals surface area contributed by atoms with Crippen LogP contribution in [0.1, 0.15) is 20.8 Å². The summed E-state index contributed by atoms with van der Waals surface area (Å²) in [6, 6.07) is 4.81. The van der Waals surface area contributed by atoms with Crippen LogP contribution in [-0.2, 0) is 10.0 Å². The second kappa shape index (κ2) is 6.37. The molecular weight excluding hydrogens is 274 g/mol. The number of nitrogens with zero attached hydrogens (tertiary/aromatic N) is 2. The van der Waals surface area contributed by atoms with E-state index < -0.39 is 10.0 Å². The van der Waals surface area contributed by atoms with Gasteiger partial charge in [0.15, 0.2) is 5.03 Å². The quantitative estimate of drug-likeness (QED) is 0.870. The van der Waals surface area contributed by atoms with Crippen LogP contribution in [0.5, 0.6) is 0 Å². The van der Waals surface area contributed by atoms with E-state index in [4.69, 9.17) is 0 Å². The summed E-state index contributed by atoms with van der Waals surface area (Å²) in [7, 11) is -2.00. The number of sulfonamides is 1. The third kappa shape index (κ3) is 4.05. The number of pyridine rings is 1. The van der Waals surface area contributed by atoms with E-state index in [1.54, 1.807) is 25.4 Å². The number of hydrogen-bond acceptors (Lipinski definition) is 4. The van der Waals surface area contributed by atoms with Gasteiger partial charge in [-0.1, -0.05) is 33.4 Å². The van der Waals surface area contributed by atoms with E-state index in [0.29, 0.717) is 6.54 Å². The second-order valence-electron chi connectivity index (χ2n) is 5.74. The van der Waals surface area contributed by atoms with Crippen molar-refractivity contribution in [1.29, 1.82) is 0 Å². The number of likely N-dealkylation sites (N-methyl/N-ethyl adjacent to an activating group) is 1. The topological polar surface area (TPSA) is 62.3 Å². The molecule has 0 spiro atoms. The Morgan fingerprint density at radius 3 is 2.55 bits per heavy atom. The molecule has 1 aromatic rings. The maximum Gasteiger partial charge on any atom is 0.260 e. The third-order valence-corrected chi connectivity index (χ3v) is 4.86. The van der Waals surface area contributed by atoms with Crippen LogP contribution in [0.15, 0.2) is 42.2 Å². The van der Waals surface area contributed by atoms with E-state index in [2.05, 4.69) is 37.7 Å². The maximum absolute atomic E-state index is 12.4. The van der Waals surface area contributed by atoms with E-state index in [-0.39, 0.29) is 16.5 Å². The summed E-state index contributed by atoms with van der Waals surface area (Å²) in [5.41, 5.74) is -0.0952. The Morgan fingerprint density at radius 1 is 1.45 bits per heavy atom. The average molecular weight is 297 g/mol. The van der Waals surface area contributed by atoms with Crippen molar-refractivity contribution >= 4 is 10.0 Å². The van der Waals surface area contributed by atoms with E-state index >= 15 is 0 Å². The molecule has 0 unspecified atom stereocenters. The molecule has 0 aliphatic rings. The highest BCUT2D eigenvalue weighted by atomic mass is 32.2. The zero-order chi connectivity index (χ0) is 15.4. The summed E-state index contributed by atoms with van der Waals surface area (Å²) in [4.78, 5) is 3.92. The fourth-order valence-corrected chi connectivity index (χ4v) is 2.84. The van der Waals surface area contributed by atoms with Gasteiger partial charge in [-0.05, 0) is 23.7 Å². The van der Waals surface area contributed by atoms with Crippen molar-refractivity contribution in [3.8, 4) is 0 Å². The summed E-state index contributed by atoms with van der Waals surface area (Å²) in [5.74, 6) is 0. The SMILES string of the molecule is C=CN[C@H](CN(C)S(=O)(=O)c1ccccn1)C(C)(C)C. The van der Waals surface area contributed by atoms with Crippen LogP contribution in [0, 0.1) is 5.41 Å². The van der Waals surface area contributed by atoms with E-state index in [1.807, 2.05) is 0 Å². The van der Waals surface area contributed by atoms with Crippen LogP contribution in [-0.4, -0.2) is 37.3 Å². The molecule has 0 fully saturated rings. The summed E-state index contributed by atoms with van der Waals surface area (Å²) in [6.07, 6.45) is 3.07. The van der Waals surface area contributed by atoms with Crippen LogP contribution in [0.2, 0.25) is 0 Å². The molecule has 20 heavy (non-hydrogen) atoms. The zero-order valence-electron chi connectivity index (χ0n) is 12.5. The number of hydrogen-bond donors (Lipinski definition) is 1. The molecule has 1 atom stereocenters. The minimum Gasteiger partial charge on any atom is -0.387 e. The highest BCUT2D eigenvalue weighted by Gasteiger charge is 2.30. The van der Waals surface area contributed by atoms with Gasteiger partial charge >= 0.3 is 0 Å². The number of aromatic nitrogens is 1. The Hall–Kier alpha value is -1.40. The van der Waals surface area contributed by atoms with Gasteiger partial charge in [-0.25, -0.2) is 13.4 Å². The number of nitrogens with one attached hydrogen (secondary N) is 1. The fraction of sp³-hybridized carbons (Fsp3) is 0.500. The van der Waals surface area contributed by atoms with Crippen LogP contribution in [0.3, 0.4) is 0 Å². The monoisotopic (exact) mass is 297 g/mol. The van der Waals surface area contributed by atoms with Gasteiger partial charge in [0, 0.05) is 25.8 Å². The van der Waals surface area contributed by atoms with Gasteiger partial charge in [0.05, 0.1) is 0 Å². The molecule has 1 rings (SSSR count). The lowest BCUT2D eigenvalue weighted by molar-refractivity contribution is 0.253. The summed E-state index contributed by atoms with van der Waals surface area (Å²) < 4.78 is 26.1. The zero-order valence-corrected chi connectivity index (χ0v) is 13.3. The fourth-order valence-electron chi connectivity index (χ4n) is 1.73. The second-order valence-corrected chi connectivity index (χ2v) is 7.73.